The average molecular weight is 258 g/mol. The molecule has 1 aromatic carbocycles. The molecule has 0 aromatic heterocycles. The summed E-state index contributed by atoms with van der Waals surface area (Å²) in [7, 11) is 1.91. The summed E-state index contributed by atoms with van der Waals surface area (Å²) in [5.41, 5.74) is 2.40. The number of anilines is 1. The maximum atomic E-state index is 12.7. The van der Waals surface area contributed by atoms with Crippen LogP contribution >= 0.6 is 12.2 Å². The highest BCUT2D eigenvalue weighted by Crippen LogP contribution is 2.12. The summed E-state index contributed by atoms with van der Waals surface area (Å²) in [6.07, 6.45) is 0. The van der Waals surface area contributed by atoms with Crippen LogP contribution in [0.25, 0.3) is 0 Å². The van der Waals surface area contributed by atoms with Crippen molar-refractivity contribution in [3.8, 4) is 0 Å². The van der Waals surface area contributed by atoms with Crippen LogP contribution < -0.4 is 4.90 Å². The van der Waals surface area contributed by atoms with Gasteiger partial charge in [0.25, 0.3) is 0 Å². The molecule has 1 rings (SSSR count). The number of likely N-dealkylation sites (N-methyl/N-ethyl adjacent to an activating group) is 1. The molecule has 0 unspecified atom stereocenters. The van der Waals surface area contributed by atoms with Crippen molar-refractivity contribution in [1.82, 2.24) is 4.90 Å². The second-order valence-corrected chi connectivity index (χ2v) is 3.94. The van der Waals surface area contributed by atoms with Gasteiger partial charge in [-0.15, -0.1) is 0 Å². The fraction of sp³-hybridized carbons (Fsp3) is 0.417. The third-order valence-electron chi connectivity index (χ3n) is 2.51. The Morgan fingerprint density at radius 1 is 1.18 bits per heavy atom. The highest BCUT2D eigenvalue weighted by molar-refractivity contribution is 7.78. The van der Waals surface area contributed by atoms with Gasteiger partial charge < -0.3 is 9.80 Å². The molecule has 0 aliphatic rings. The fourth-order valence-corrected chi connectivity index (χ4v) is 1.64. The van der Waals surface area contributed by atoms with E-state index in [1.165, 1.54) is 17.6 Å². The highest BCUT2D eigenvalue weighted by Gasteiger charge is 2.04. The van der Waals surface area contributed by atoms with Crippen molar-refractivity contribution in [1.29, 1.82) is 0 Å². The Balaban J connectivity index is 2.45. The Bertz CT molecular complexity index is 343. The van der Waals surface area contributed by atoms with Gasteiger partial charge in [-0.3, -0.25) is 0 Å². The molecule has 94 valence electrons. The first-order valence-electron chi connectivity index (χ1n) is 5.39. The van der Waals surface area contributed by atoms with E-state index < -0.39 is 6.67 Å². The van der Waals surface area contributed by atoms with E-state index in [9.17, 15) is 8.78 Å². The molecule has 0 heterocycles. The highest BCUT2D eigenvalue weighted by atomic mass is 32.1. The zero-order valence-electron chi connectivity index (χ0n) is 9.77. The summed E-state index contributed by atoms with van der Waals surface area (Å²) in [5.74, 6) is -0.250. The van der Waals surface area contributed by atoms with Crippen LogP contribution in [0.2, 0.25) is 0 Å². The largest absolute Gasteiger partial charge is 0.373 e. The molecule has 5 heteroatoms. The van der Waals surface area contributed by atoms with E-state index in [4.69, 9.17) is 12.2 Å². The molecule has 0 atom stereocenters. The van der Waals surface area contributed by atoms with E-state index in [-0.39, 0.29) is 5.82 Å². The summed E-state index contributed by atoms with van der Waals surface area (Å²) in [4.78, 5) is 3.72. The van der Waals surface area contributed by atoms with Gasteiger partial charge in [-0.25, -0.2) is 8.78 Å². The number of benzene rings is 1. The molecule has 0 amide bonds. The SMILES string of the molecule is CN(CCN(C=S)CCF)c1ccc(F)cc1. The van der Waals surface area contributed by atoms with E-state index in [0.29, 0.717) is 19.6 Å². The van der Waals surface area contributed by atoms with Gasteiger partial charge in [-0.05, 0) is 24.3 Å². The number of hydrogen-bond donors (Lipinski definition) is 0. The van der Waals surface area contributed by atoms with Crippen molar-refractivity contribution >= 4 is 23.4 Å². The molecule has 0 radical (unpaired) electrons. The molecule has 0 saturated carbocycles. The van der Waals surface area contributed by atoms with Crippen LogP contribution in [-0.4, -0.2) is 43.7 Å². The summed E-state index contributed by atoms with van der Waals surface area (Å²) in [6.45, 7) is 1.27. The molecule has 0 aliphatic carbocycles. The average Bonchev–Trinajstić information content (AvgIpc) is 2.35. The molecule has 0 saturated heterocycles. The number of thiocarbonyl (C=S) groups is 1. The summed E-state index contributed by atoms with van der Waals surface area (Å²) < 4.78 is 24.9. The lowest BCUT2D eigenvalue weighted by Gasteiger charge is -2.24. The molecular formula is C12H16F2N2S. The van der Waals surface area contributed by atoms with Gasteiger partial charge in [0.15, 0.2) is 0 Å². The molecule has 0 fully saturated rings. The lowest BCUT2D eigenvalue weighted by molar-refractivity contribution is 0.369. The Morgan fingerprint density at radius 2 is 1.82 bits per heavy atom. The number of hydrogen-bond acceptors (Lipinski definition) is 2. The standard InChI is InChI=1S/C12H16F2N2S/c1-15(8-9-16(10-17)7-6-13)12-4-2-11(14)3-5-12/h2-5,10H,6-9H2,1H3. The van der Waals surface area contributed by atoms with Crippen molar-refractivity contribution in [3.05, 3.63) is 30.1 Å². The second kappa shape index (κ2) is 7.17. The van der Waals surface area contributed by atoms with Crippen molar-refractivity contribution in [2.45, 2.75) is 0 Å². The zero-order chi connectivity index (χ0) is 12.7. The molecule has 0 spiro atoms. The number of rotatable bonds is 7. The Labute approximate surface area is 106 Å². The van der Waals surface area contributed by atoms with Gasteiger partial charge >= 0.3 is 0 Å². The normalized spacial score (nSPS) is 10.1. The number of nitrogens with zero attached hydrogens (tertiary/aromatic N) is 2. The predicted octanol–water partition coefficient (Wildman–Crippen LogP) is 2.49. The minimum Gasteiger partial charge on any atom is -0.373 e. The smallest absolute Gasteiger partial charge is 0.123 e. The van der Waals surface area contributed by atoms with Gasteiger partial charge in [-0.1, -0.05) is 12.2 Å². The minimum atomic E-state index is -0.409. The lowest BCUT2D eigenvalue weighted by atomic mass is 10.3. The van der Waals surface area contributed by atoms with E-state index in [2.05, 4.69) is 0 Å². The first kappa shape index (κ1) is 13.8. The quantitative estimate of drug-likeness (QED) is 0.694. The van der Waals surface area contributed by atoms with Gasteiger partial charge in [0.1, 0.15) is 12.5 Å². The van der Waals surface area contributed by atoms with Crippen LogP contribution in [0.4, 0.5) is 14.5 Å². The van der Waals surface area contributed by atoms with Crippen LogP contribution in [-0.2, 0) is 0 Å². The van der Waals surface area contributed by atoms with E-state index in [1.807, 2.05) is 11.9 Å². The molecule has 1 aromatic rings. The van der Waals surface area contributed by atoms with Crippen LogP contribution in [0.5, 0.6) is 0 Å². The Hall–Kier alpha value is -1.23. The minimum absolute atomic E-state index is 0.250. The number of halogens is 2. The van der Waals surface area contributed by atoms with Gasteiger partial charge in [0, 0.05) is 32.4 Å². The monoisotopic (exact) mass is 258 g/mol. The summed E-state index contributed by atoms with van der Waals surface area (Å²) >= 11 is 4.79. The summed E-state index contributed by atoms with van der Waals surface area (Å²) in [5, 5.41) is 0. The van der Waals surface area contributed by atoms with Gasteiger partial charge in [0.05, 0.1) is 5.49 Å². The van der Waals surface area contributed by atoms with Crippen molar-refractivity contribution < 1.29 is 8.78 Å². The van der Waals surface area contributed by atoms with Crippen LogP contribution in [0, 0.1) is 5.82 Å². The second-order valence-electron chi connectivity index (χ2n) is 3.73. The molecule has 0 bridgehead atoms. The first-order valence-corrected chi connectivity index (χ1v) is 5.86. The third kappa shape index (κ3) is 4.65. The molecule has 0 aliphatic heterocycles. The Morgan fingerprint density at radius 3 is 2.35 bits per heavy atom. The third-order valence-corrected chi connectivity index (χ3v) is 2.81. The lowest BCUT2D eigenvalue weighted by Crippen LogP contribution is -2.33. The first-order chi connectivity index (χ1) is 8.17. The van der Waals surface area contributed by atoms with Crippen LogP contribution in [0.1, 0.15) is 0 Å². The van der Waals surface area contributed by atoms with Crippen LogP contribution in [0.3, 0.4) is 0 Å². The maximum absolute atomic E-state index is 12.7. The van der Waals surface area contributed by atoms with Gasteiger partial charge in [-0.2, -0.15) is 0 Å². The van der Waals surface area contributed by atoms with Crippen molar-refractivity contribution in [3.63, 3.8) is 0 Å². The number of alkyl halides is 1. The van der Waals surface area contributed by atoms with Crippen molar-refractivity contribution in [2.24, 2.45) is 0 Å². The maximum Gasteiger partial charge on any atom is 0.123 e. The summed E-state index contributed by atoms with van der Waals surface area (Å²) in [6, 6.07) is 6.27. The van der Waals surface area contributed by atoms with E-state index >= 15 is 0 Å². The topological polar surface area (TPSA) is 6.48 Å². The molecule has 17 heavy (non-hydrogen) atoms. The van der Waals surface area contributed by atoms with Crippen molar-refractivity contribution in [2.75, 3.05) is 38.3 Å². The van der Waals surface area contributed by atoms with Gasteiger partial charge in [0.2, 0.25) is 0 Å². The van der Waals surface area contributed by atoms with Crippen LogP contribution in [0.15, 0.2) is 24.3 Å². The molecular weight excluding hydrogens is 242 g/mol. The molecule has 2 nitrogen and oxygen atoms in total. The fourth-order valence-electron chi connectivity index (χ4n) is 1.43. The molecule has 0 N–H and O–H groups in total. The predicted molar refractivity (Wildman–Crippen MR) is 70.9 cm³/mol. The Kier molecular flexibility index (Phi) is 5.83. The van der Waals surface area contributed by atoms with E-state index in [0.717, 1.165) is 5.69 Å². The van der Waals surface area contributed by atoms with E-state index in [1.54, 1.807) is 17.0 Å². The zero-order valence-corrected chi connectivity index (χ0v) is 10.6.